The minimum atomic E-state index is -0.643. The molecule has 4 atom stereocenters. The summed E-state index contributed by atoms with van der Waals surface area (Å²) in [7, 11) is 4.09. The third kappa shape index (κ3) is 15.0. The molecule has 4 aromatic rings. The van der Waals surface area contributed by atoms with Gasteiger partial charge in [-0.2, -0.15) is 0 Å². The molecule has 12 nitrogen and oxygen atoms in total. The van der Waals surface area contributed by atoms with Crippen molar-refractivity contribution in [3.05, 3.63) is 57.5 Å². The summed E-state index contributed by atoms with van der Waals surface area (Å²) in [4.78, 5) is 62.6. The van der Waals surface area contributed by atoms with Crippen LogP contribution in [0, 0.1) is 11.8 Å². The molecule has 2 aromatic heterocycles. The first kappa shape index (κ1) is 51.0. The van der Waals surface area contributed by atoms with Crippen LogP contribution < -0.4 is 27.0 Å². The number of carbonyl (C=O) groups excluding carboxylic acids is 4. The predicted molar refractivity (Wildman–Crippen MR) is 264 cm³/mol. The van der Waals surface area contributed by atoms with E-state index in [4.69, 9.17) is 15.7 Å². The molecular weight excluding hydrogens is 841 g/mol. The second kappa shape index (κ2) is 25.1. The summed E-state index contributed by atoms with van der Waals surface area (Å²) in [6, 6.07) is 11.5. The third-order valence-electron chi connectivity index (χ3n) is 12.9. The van der Waals surface area contributed by atoms with Gasteiger partial charge < -0.3 is 31.9 Å². The molecule has 2 aromatic carbocycles. The van der Waals surface area contributed by atoms with Gasteiger partial charge in [0.05, 0.1) is 30.4 Å². The van der Waals surface area contributed by atoms with Crippen molar-refractivity contribution in [2.75, 3.05) is 27.2 Å². The van der Waals surface area contributed by atoms with Crippen LogP contribution in [0.4, 0.5) is 0 Å². The van der Waals surface area contributed by atoms with E-state index >= 15 is 0 Å². The van der Waals surface area contributed by atoms with Gasteiger partial charge in [-0.3, -0.25) is 19.2 Å². The molecule has 14 heteroatoms. The van der Waals surface area contributed by atoms with E-state index in [2.05, 4.69) is 84.2 Å². The first-order chi connectivity index (χ1) is 30.7. The van der Waals surface area contributed by atoms with E-state index in [1.165, 1.54) is 49.7 Å². The van der Waals surface area contributed by atoms with Crippen molar-refractivity contribution in [3.8, 4) is 0 Å². The van der Waals surface area contributed by atoms with Crippen molar-refractivity contribution in [2.24, 2.45) is 17.6 Å². The molecule has 0 bridgehead atoms. The van der Waals surface area contributed by atoms with Crippen molar-refractivity contribution in [1.82, 2.24) is 36.1 Å². The molecule has 2 aliphatic carbocycles. The predicted octanol–water partition coefficient (Wildman–Crippen LogP) is 8.36. The zero-order valence-corrected chi connectivity index (χ0v) is 41.4. The second-order valence-electron chi connectivity index (χ2n) is 18.9. The third-order valence-corrected chi connectivity index (χ3v) is 14.9. The topological polar surface area (TPSA) is 171 Å². The molecule has 0 aliphatic heterocycles. The summed E-state index contributed by atoms with van der Waals surface area (Å²) in [6.45, 7) is 13.5. The van der Waals surface area contributed by atoms with Crippen molar-refractivity contribution in [1.29, 1.82) is 0 Å². The highest BCUT2D eigenvalue weighted by molar-refractivity contribution is 7.18. The first-order valence-electron chi connectivity index (χ1n) is 24.0. The highest BCUT2D eigenvalue weighted by Gasteiger charge is 2.31. The maximum Gasteiger partial charge on any atom is 0.243 e. The van der Waals surface area contributed by atoms with Crippen LogP contribution in [0.3, 0.4) is 0 Å². The van der Waals surface area contributed by atoms with Crippen molar-refractivity contribution in [2.45, 2.75) is 167 Å². The number of fused-ring (bicyclic) bond motifs is 2. The van der Waals surface area contributed by atoms with Crippen LogP contribution in [0.2, 0.25) is 0 Å². The number of carbonyl (C=O) groups is 4. The normalized spacial score (nSPS) is 16.9. The summed E-state index contributed by atoms with van der Waals surface area (Å²) in [5.41, 5.74) is 10.5. The van der Waals surface area contributed by atoms with E-state index in [0.717, 1.165) is 62.7 Å². The molecule has 2 heterocycles. The molecule has 0 radical (unpaired) electrons. The van der Waals surface area contributed by atoms with Crippen molar-refractivity contribution in [3.63, 3.8) is 0 Å². The van der Waals surface area contributed by atoms with E-state index in [-0.39, 0.29) is 35.7 Å². The fourth-order valence-electron chi connectivity index (χ4n) is 8.95. The highest BCUT2D eigenvalue weighted by Crippen LogP contribution is 2.31. The van der Waals surface area contributed by atoms with Crippen LogP contribution in [0.25, 0.3) is 20.4 Å². The molecule has 2 aliphatic rings. The molecule has 352 valence electrons. The van der Waals surface area contributed by atoms with Crippen LogP contribution in [-0.2, 0) is 32.0 Å². The van der Waals surface area contributed by atoms with Crippen LogP contribution >= 0.6 is 22.7 Å². The van der Waals surface area contributed by atoms with Crippen LogP contribution in [0.1, 0.15) is 152 Å². The number of nitrogens with zero attached hydrogens (tertiary/aromatic N) is 3. The summed E-state index contributed by atoms with van der Waals surface area (Å²) in [6.07, 6.45) is 13.4. The zero-order chi connectivity index (χ0) is 46.3. The van der Waals surface area contributed by atoms with Gasteiger partial charge in [-0.25, -0.2) is 9.97 Å². The Morgan fingerprint density at radius 2 is 1.05 bits per heavy atom. The van der Waals surface area contributed by atoms with Gasteiger partial charge in [0.2, 0.25) is 23.6 Å². The highest BCUT2D eigenvalue weighted by atomic mass is 32.1. The van der Waals surface area contributed by atoms with Crippen molar-refractivity contribution < 1.29 is 19.2 Å². The summed E-state index contributed by atoms with van der Waals surface area (Å²) < 4.78 is 2.24. The molecule has 0 saturated heterocycles. The molecule has 64 heavy (non-hydrogen) atoms. The molecule has 4 amide bonds. The number of nitrogens with one attached hydrogen (secondary N) is 4. The molecule has 2 saturated carbocycles. The smallest absolute Gasteiger partial charge is 0.243 e. The Morgan fingerprint density at radius 1 is 0.641 bits per heavy atom. The Morgan fingerprint density at radius 3 is 1.42 bits per heavy atom. The lowest BCUT2D eigenvalue weighted by Crippen LogP contribution is -2.54. The van der Waals surface area contributed by atoms with Gasteiger partial charge in [0.1, 0.15) is 12.1 Å². The lowest BCUT2D eigenvalue weighted by Gasteiger charge is -2.33. The molecule has 6 N–H and O–H groups in total. The standard InChI is InChI=1S/C26H40N4O2S.C24H36N4O2S/c1-6-24(31)27-21(15-25-28-20-13-12-19(17(2)3)14-23(20)33-25)26(32)29-22(16-30(4)5)18-10-8-7-9-11-18;1-4-22(29)26-19(24(30)28-20(14-25)16-8-6-5-7-9-16)13-23-27-18-11-10-17(15(2)3)12-21(18)31-23/h12-14,17-18,21-22H,6-11,15-16H2,1-5H3,(H,27,31)(H,29,32);10-12,15-16,19-20H,4-9,13-14,25H2,1-3H3,(H,26,29)(H,28,30)/t21-,22+;19-,20+/m00/s1. The van der Waals surface area contributed by atoms with E-state index < -0.39 is 12.1 Å². The minimum Gasteiger partial charge on any atom is -0.350 e. The molecule has 0 unspecified atom stereocenters. The number of hydrogen-bond acceptors (Lipinski definition) is 10. The maximum absolute atomic E-state index is 13.4. The number of nitrogens with two attached hydrogens (primary N) is 1. The fraction of sp³-hybridized carbons (Fsp3) is 0.640. The fourth-order valence-corrected chi connectivity index (χ4v) is 11.1. The zero-order valence-electron chi connectivity index (χ0n) is 39.8. The van der Waals surface area contributed by atoms with Gasteiger partial charge in [-0.15, -0.1) is 22.7 Å². The van der Waals surface area contributed by atoms with Crippen LogP contribution in [-0.4, -0.2) is 89.8 Å². The quantitative estimate of drug-likeness (QED) is 0.0625. The van der Waals surface area contributed by atoms with E-state index in [9.17, 15) is 19.2 Å². The second-order valence-corrected chi connectivity index (χ2v) is 21.1. The number of aromatic nitrogens is 2. The van der Waals surface area contributed by atoms with Gasteiger partial charge in [0.25, 0.3) is 0 Å². The average Bonchev–Trinajstić information content (AvgIpc) is 3.90. The number of likely N-dealkylation sites (N-methyl/N-ethyl adjacent to an activating group) is 1. The SMILES string of the molecule is CCC(=O)N[C@@H](Cc1nc2ccc(C(C)C)cc2s1)C(=O)N[C@H](CN(C)C)C1CCCCC1.CCC(=O)N[C@@H](Cc1nc2ccc(C(C)C)cc2s1)C(=O)N[C@H](CN)C1CCCCC1. The summed E-state index contributed by atoms with van der Waals surface area (Å²) >= 11 is 3.21. The maximum atomic E-state index is 13.4. The number of hydrogen-bond donors (Lipinski definition) is 5. The lowest BCUT2D eigenvalue weighted by molar-refractivity contribution is -0.129. The number of amides is 4. The monoisotopic (exact) mass is 917 g/mol. The summed E-state index contributed by atoms with van der Waals surface area (Å²) in [5, 5.41) is 14.0. The Bertz CT molecular complexity index is 2120. The van der Waals surface area contributed by atoms with Gasteiger partial charge >= 0.3 is 0 Å². The van der Waals surface area contributed by atoms with Gasteiger partial charge in [0.15, 0.2) is 0 Å². The van der Waals surface area contributed by atoms with Gasteiger partial charge in [-0.05, 0) is 98.8 Å². The van der Waals surface area contributed by atoms with Crippen LogP contribution in [0.5, 0.6) is 0 Å². The van der Waals surface area contributed by atoms with Gasteiger partial charge in [-0.1, -0.05) is 92.2 Å². The molecule has 6 rings (SSSR count). The minimum absolute atomic E-state index is 0.0437. The van der Waals surface area contributed by atoms with Crippen LogP contribution in [0.15, 0.2) is 36.4 Å². The van der Waals surface area contributed by atoms with Crippen molar-refractivity contribution >= 4 is 66.7 Å². The van der Waals surface area contributed by atoms with E-state index in [1.54, 1.807) is 29.6 Å². The number of benzene rings is 2. The Hall–Kier alpha value is -3.98. The molecule has 0 spiro atoms. The Kier molecular flexibility index (Phi) is 20.0. The molecule has 2 fully saturated rings. The Balaban J connectivity index is 0.000000241. The van der Waals surface area contributed by atoms with E-state index in [0.29, 0.717) is 55.9 Å². The largest absolute Gasteiger partial charge is 0.350 e. The molecular formula is C50H76N8O4S2. The summed E-state index contributed by atoms with van der Waals surface area (Å²) in [5.74, 6) is 1.31. The Labute approximate surface area is 390 Å². The number of rotatable bonds is 19. The van der Waals surface area contributed by atoms with Gasteiger partial charge in [0, 0.05) is 50.9 Å². The first-order valence-corrected chi connectivity index (χ1v) is 25.6. The number of thiazole rings is 2. The average molecular weight is 917 g/mol. The van der Waals surface area contributed by atoms with E-state index in [1.807, 2.05) is 27.1 Å². The lowest BCUT2D eigenvalue weighted by atomic mass is 9.83.